The maximum atomic E-state index is 5.82. The number of allylic oxidation sites excluding steroid dienone is 1. The van der Waals surface area contributed by atoms with Crippen LogP contribution < -0.4 is 11.3 Å². The van der Waals surface area contributed by atoms with Crippen molar-refractivity contribution in [1.82, 2.24) is 5.43 Å². The van der Waals surface area contributed by atoms with Gasteiger partial charge in [-0.25, -0.2) is 0 Å². The maximum Gasteiger partial charge on any atom is 0.0460 e. The van der Waals surface area contributed by atoms with Gasteiger partial charge in [0.2, 0.25) is 0 Å². The van der Waals surface area contributed by atoms with Crippen molar-refractivity contribution in [3.8, 4) is 0 Å². The minimum absolute atomic E-state index is 0.196. The molecule has 0 fully saturated rings. The summed E-state index contributed by atoms with van der Waals surface area (Å²) >= 11 is 5.82. The molecular weight excluding hydrogens is 208 g/mol. The van der Waals surface area contributed by atoms with Crippen LogP contribution >= 0.6 is 11.6 Å². The van der Waals surface area contributed by atoms with Crippen LogP contribution in [0.1, 0.15) is 30.9 Å². The average molecular weight is 225 g/mol. The Morgan fingerprint density at radius 1 is 1.40 bits per heavy atom. The summed E-state index contributed by atoms with van der Waals surface area (Å²) in [5.41, 5.74) is 3.99. The summed E-state index contributed by atoms with van der Waals surface area (Å²) in [5, 5.41) is 0.751. The summed E-state index contributed by atoms with van der Waals surface area (Å²) < 4.78 is 0. The van der Waals surface area contributed by atoms with Crippen LogP contribution in [0.5, 0.6) is 0 Å². The smallest absolute Gasteiger partial charge is 0.0460 e. The quantitative estimate of drug-likeness (QED) is 0.337. The van der Waals surface area contributed by atoms with Crippen LogP contribution in [0.4, 0.5) is 0 Å². The lowest BCUT2D eigenvalue weighted by Crippen LogP contribution is -2.27. The molecule has 3 N–H and O–H groups in total. The molecule has 0 radical (unpaired) electrons. The molecule has 1 aromatic rings. The predicted octanol–water partition coefficient (Wildman–Crippen LogP) is 3.20. The van der Waals surface area contributed by atoms with Crippen LogP contribution in [0.2, 0.25) is 5.02 Å². The van der Waals surface area contributed by atoms with Gasteiger partial charge in [-0.15, -0.1) is 6.58 Å². The molecule has 0 aromatic heterocycles. The predicted molar refractivity (Wildman–Crippen MR) is 65.6 cm³/mol. The number of benzene rings is 1. The average Bonchev–Trinajstić information content (AvgIpc) is 2.26. The lowest BCUT2D eigenvalue weighted by Gasteiger charge is -2.15. The number of unbranched alkanes of at least 4 members (excludes halogenated alkanes) is 1. The standard InChI is InChI=1S/C12H17ClN2/c1-2-3-4-5-12(15-14)10-6-8-11(13)9-7-10/h2,6-9,12,15H,1,3-5,14H2. The number of rotatable bonds is 6. The molecule has 0 heterocycles. The molecule has 15 heavy (non-hydrogen) atoms. The molecule has 0 saturated carbocycles. The first kappa shape index (κ1) is 12.2. The van der Waals surface area contributed by atoms with Crippen LogP contribution in [-0.4, -0.2) is 0 Å². The molecule has 3 heteroatoms. The molecule has 0 spiro atoms. The van der Waals surface area contributed by atoms with Crippen molar-refractivity contribution in [2.75, 3.05) is 0 Å². The molecule has 1 unspecified atom stereocenters. The SMILES string of the molecule is C=CCCCC(NN)c1ccc(Cl)cc1. The van der Waals surface area contributed by atoms with E-state index < -0.39 is 0 Å². The Balaban J connectivity index is 2.57. The molecule has 0 aliphatic carbocycles. The minimum Gasteiger partial charge on any atom is -0.271 e. The van der Waals surface area contributed by atoms with Crippen LogP contribution in [-0.2, 0) is 0 Å². The Morgan fingerprint density at radius 2 is 2.07 bits per heavy atom. The van der Waals surface area contributed by atoms with Crippen LogP contribution in [0.15, 0.2) is 36.9 Å². The Labute approximate surface area is 96.1 Å². The van der Waals surface area contributed by atoms with Gasteiger partial charge >= 0.3 is 0 Å². The van der Waals surface area contributed by atoms with E-state index in [9.17, 15) is 0 Å². The zero-order valence-corrected chi connectivity index (χ0v) is 9.50. The van der Waals surface area contributed by atoms with Crippen LogP contribution in [0.3, 0.4) is 0 Å². The minimum atomic E-state index is 0.196. The highest BCUT2D eigenvalue weighted by Crippen LogP contribution is 2.20. The van der Waals surface area contributed by atoms with Crippen molar-refractivity contribution in [3.05, 3.63) is 47.5 Å². The lowest BCUT2D eigenvalue weighted by atomic mass is 10.0. The number of hydrogen-bond acceptors (Lipinski definition) is 2. The number of hydrogen-bond donors (Lipinski definition) is 2. The first-order valence-corrected chi connectivity index (χ1v) is 5.48. The van der Waals surface area contributed by atoms with Gasteiger partial charge < -0.3 is 0 Å². The van der Waals surface area contributed by atoms with Gasteiger partial charge in [-0.2, -0.15) is 0 Å². The molecule has 0 saturated heterocycles. The maximum absolute atomic E-state index is 5.82. The fourth-order valence-corrected chi connectivity index (χ4v) is 1.63. The highest BCUT2D eigenvalue weighted by Gasteiger charge is 2.08. The molecule has 0 aliphatic rings. The summed E-state index contributed by atoms with van der Waals surface area (Å²) in [4.78, 5) is 0. The molecule has 1 atom stereocenters. The molecule has 0 bridgehead atoms. The second-order valence-electron chi connectivity index (χ2n) is 3.49. The van der Waals surface area contributed by atoms with Crippen molar-refractivity contribution in [2.24, 2.45) is 5.84 Å². The van der Waals surface area contributed by atoms with Crippen molar-refractivity contribution in [2.45, 2.75) is 25.3 Å². The highest BCUT2D eigenvalue weighted by atomic mass is 35.5. The van der Waals surface area contributed by atoms with Gasteiger partial charge in [0.25, 0.3) is 0 Å². The van der Waals surface area contributed by atoms with E-state index in [-0.39, 0.29) is 6.04 Å². The molecule has 1 aromatic carbocycles. The molecule has 1 rings (SSSR count). The Bertz CT molecular complexity index is 295. The van der Waals surface area contributed by atoms with E-state index in [1.807, 2.05) is 30.3 Å². The molecule has 82 valence electrons. The molecule has 2 nitrogen and oxygen atoms in total. The van der Waals surface area contributed by atoms with Crippen molar-refractivity contribution < 1.29 is 0 Å². The third-order valence-corrected chi connectivity index (χ3v) is 2.63. The van der Waals surface area contributed by atoms with Gasteiger partial charge in [-0.1, -0.05) is 29.8 Å². The Morgan fingerprint density at radius 3 is 2.60 bits per heavy atom. The highest BCUT2D eigenvalue weighted by molar-refractivity contribution is 6.30. The van der Waals surface area contributed by atoms with Gasteiger partial charge in [0.05, 0.1) is 0 Å². The summed E-state index contributed by atoms with van der Waals surface area (Å²) in [6, 6.07) is 7.97. The lowest BCUT2D eigenvalue weighted by molar-refractivity contribution is 0.501. The van der Waals surface area contributed by atoms with E-state index >= 15 is 0 Å². The van der Waals surface area contributed by atoms with Crippen LogP contribution in [0.25, 0.3) is 0 Å². The zero-order valence-electron chi connectivity index (χ0n) is 8.75. The monoisotopic (exact) mass is 224 g/mol. The van der Waals surface area contributed by atoms with E-state index in [0.717, 1.165) is 24.3 Å². The van der Waals surface area contributed by atoms with Crippen molar-refractivity contribution in [3.63, 3.8) is 0 Å². The van der Waals surface area contributed by atoms with Gasteiger partial charge in [-0.05, 0) is 37.0 Å². The van der Waals surface area contributed by atoms with E-state index in [1.54, 1.807) is 0 Å². The number of nitrogens with one attached hydrogen (secondary N) is 1. The Kier molecular flexibility index (Phi) is 5.40. The normalized spacial score (nSPS) is 12.4. The van der Waals surface area contributed by atoms with Crippen molar-refractivity contribution >= 4 is 11.6 Å². The summed E-state index contributed by atoms with van der Waals surface area (Å²) in [5.74, 6) is 5.52. The van der Waals surface area contributed by atoms with E-state index in [4.69, 9.17) is 17.4 Å². The second kappa shape index (κ2) is 6.62. The largest absolute Gasteiger partial charge is 0.271 e. The summed E-state index contributed by atoms with van der Waals surface area (Å²) in [6.07, 6.45) is 5.03. The molecular formula is C12H17ClN2. The first-order valence-electron chi connectivity index (χ1n) is 5.10. The number of hydrazine groups is 1. The van der Waals surface area contributed by atoms with E-state index in [1.165, 1.54) is 5.56 Å². The third kappa shape index (κ3) is 4.04. The van der Waals surface area contributed by atoms with Gasteiger partial charge in [-0.3, -0.25) is 11.3 Å². The zero-order chi connectivity index (χ0) is 11.1. The number of nitrogens with two attached hydrogens (primary N) is 1. The summed E-state index contributed by atoms with van der Waals surface area (Å²) in [7, 11) is 0. The topological polar surface area (TPSA) is 38.0 Å². The first-order chi connectivity index (χ1) is 7.27. The van der Waals surface area contributed by atoms with E-state index in [0.29, 0.717) is 0 Å². The third-order valence-electron chi connectivity index (χ3n) is 2.37. The molecule has 0 aliphatic heterocycles. The molecule has 0 amide bonds. The second-order valence-corrected chi connectivity index (χ2v) is 3.93. The van der Waals surface area contributed by atoms with Crippen molar-refractivity contribution in [1.29, 1.82) is 0 Å². The number of halogens is 1. The fourth-order valence-electron chi connectivity index (χ4n) is 1.51. The van der Waals surface area contributed by atoms with Gasteiger partial charge in [0.15, 0.2) is 0 Å². The van der Waals surface area contributed by atoms with Gasteiger partial charge in [0.1, 0.15) is 0 Å². The summed E-state index contributed by atoms with van der Waals surface area (Å²) in [6.45, 7) is 3.70. The van der Waals surface area contributed by atoms with E-state index in [2.05, 4.69) is 12.0 Å². The van der Waals surface area contributed by atoms with Crippen LogP contribution in [0, 0.1) is 0 Å². The van der Waals surface area contributed by atoms with Gasteiger partial charge in [0, 0.05) is 11.1 Å². The Hall–Kier alpha value is -0.830. The fraction of sp³-hybridized carbons (Fsp3) is 0.333.